The van der Waals surface area contributed by atoms with Crippen LogP contribution in [0, 0.1) is 5.82 Å². The van der Waals surface area contributed by atoms with E-state index in [1.54, 1.807) is 18.3 Å². The van der Waals surface area contributed by atoms with Crippen LogP contribution in [0.15, 0.2) is 48.8 Å². The average molecular weight is 409 g/mol. The molecule has 0 unspecified atom stereocenters. The summed E-state index contributed by atoms with van der Waals surface area (Å²) in [7, 11) is 0. The highest BCUT2D eigenvalue weighted by atomic mass is 35.5. The fourth-order valence-corrected chi connectivity index (χ4v) is 2.65. The normalized spacial score (nSPS) is 11.8. The van der Waals surface area contributed by atoms with E-state index in [0.717, 1.165) is 6.07 Å². The first-order valence-corrected chi connectivity index (χ1v) is 8.18. The zero-order valence-corrected chi connectivity index (χ0v) is 14.5. The third kappa shape index (κ3) is 3.33. The molecular formula is C17H9ClF4N6. The average Bonchev–Trinajstić information content (AvgIpc) is 3.14. The summed E-state index contributed by atoms with van der Waals surface area (Å²) in [5.41, 5.74) is -0.669. The number of rotatable bonds is 3. The van der Waals surface area contributed by atoms with Gasteiger partial charge in [0.2, 0.25) is 5.82 Å². The standard InChI is InChI=1S/C17H9ClF4N6/c18-14-13(19)9(6-7-23-14)25-16-11-4-2-8-28(11)27-15(26-16)10-3-1-5-12(24-10)17(20,21)22/h1-8H,(H,23,25,26,27). The van der Waals surface area contributed by atoms with Crippen molar-refractivity contribution in [3.63, 3.8) is 0 Å². The van der Waals surface area contributed by atoms with E-state index in [2.05, 4.69) is 25.4 Å². The molecule has 0 aliphatic rings. The summed E-state index contributed by atoms with van der Waals surface area (Å²) in [6.07, 6.45) is -1.72. The molecule has 0 amide bonds. The Morgan fingerprint density at radius 3 is 2.64 bits per heavy atom. The van der Waals surface area contributed by atoms with Crippen molar-refractivity contribution in [3.05, 3.63) is 65.5 Å². The number of hydrogen-bond donors (Lipinski definition) is 1. The number of nitrogens with zero attached hydrogens (tertiary/aromatic N) is 5. The second-order valence-electron chi connectivity index (χ2n) is 5.62. The van der Waals surface area contributed by atoms with Crippen LogP contribution < -0.4 is 5.32 Å². The van der Waals surface area contributed by atoms with Crippen LogP contribution in [0.2, 0.25) is 5.15 Å². The van der Waals surface area contributed by atoms with Crippen molar-refractivity contribution in [2.45, 2.75) is 6.18 Å². The molecule has 0 spiro atoms. The van der Waals surface area contributed by atoms with Crippen LogP contribution >= 0.6 is 11.6 Å². The molecule has 28 heavy (non-hydrogen) atoms. The van der Waals surface area contributed by atoms with Crippen LogP contribution in [0.3, 0.4) is 0 Å². The Morgan fingerprint density at radius 1 is 1.04 bits per heavy atom. The second-order valence-corrected chi connectivity index (χ2v) is 5.97. The Balaban J connectivity index is 1.83. The van der Waals surface area contributed by atoms with Crippen LogP contribution in [-0.2, 0) is 6.18 Å². The lowest BCUT2D eigenvalue weighted by molar-refractivity contribution is -0.141. The quantitative estimate of drug-likeness (QED) is 0.391. The molecule has 0 saturated heterocycles. The minimum absolute atomic E-state index is 0.00440. The zero-order valence-electron chi connectivity index (χ0n) is 13.7. The molecule has 1 N–H and O–H groups in total. The highest BCUT2D eigenvalue weighted by molar-refractivity contribution is 6.29. The Morgan fingerprint density at radius 2 is 1.86 bits per heavy atom. The molecule has 4 rings (SSSR count). The number of halogens is 5. The second kappa shape index (κ2) is 6.71. The highest BCUT2D eigenvalue weighted by Crippen LogP contribution is 2.30. The predicted octanol–water partition coefficient (Wildman–Crippen LogP) is 4.74. The van der Waals surface area contributed by atoms with Crippen molar-refractivity contribution in [1.29, 1.82) is 0 Å². The molecule has 4 aromatic heterocycles. The van der Waals surface area contributed by atoms with Crippen molar-refractivity contribution < 1.29 is 17.6 Å². The molecule has 6 nitrogen and oxygen atoms in total. The van der Waals surface area contributed by atoms with Gasteiger partial charge in [-0.25, -0.2) is 23.9 Å². The third-order valence-electron chi connectivity index (χ3n) is 3.76. The van der Waals surface area contributed by atoms with Crippen LogP contribution in [0.1, 0.15) is 5.69 Å². The van der Waals surface area contributed by atoms with E-state index in [1.165, 1.54) is 28.9 Å². The van der Waals surface area contributed by atoms with Gasteiger partial charge in [-0.2, -0.15) is 13.2 Å². The fraction of sp³-hybridized carbons (Fsp3) is 0.0588. The van der Waals surface area contributed by atoms with Gasteiger partial charge in [0.05, 0.1) is 5.69 Å². The number of hydrogen-bond acceptors (Lipinski definition) is 5. The Bertz CT molecular complexity index is 1170. The highest BCUT2D eigenvalue weighted by Gasteiger charge is 2.32. The van der Waals surface area contributed by atoms with E-state index < -0.39 is 17.7 Å². The molecule has 142 valence electrons. The van der Waals surface area contributed by atoms with Gasteiger partial charge in [0.25, 0.3) is 0 Å². The first-order chi connectivity index (χ1) is 13.3. The number of aromatic nitrogens is 5. The smallest absolute Gasteiger partial charge is 0.336 e. The van der Waals surface area contributed by atoms with Crippen LogP contribution in [-0.4, -0.2) is 24.6 Å². The molecule has 4 heterocycles. The van der Waals surface area contributed by atoms with Crippen molar-refractivity contribution in [2.75, 3.05) is 5.32 Å². The molecule has 0 aliphatic carbocycles. The molecule has 0 bridgehead atoms. The summed E-state index contributed by atoms with van der Waals surface area (Å²) in [6, 6.07) is 8.09. The molecule has 0 saturated carbocycles. The molecule has 0 atom stereocenters. The maximum absolute atomic E-state index is 14.2. The van der Waals surface area contributed by atoms with Crippen molar-refractivity contribution in [2.24, 2.45) is 0 Å². The number of alkyl halides is 3. The first-order valence-electron chi connectivity index (χ1n) is 7.80. The summed E-state index contributed by atoms with van der Waals surface area (Å²) in [6.45, 7) is 0. The summed E-state index contributed by atoms with van der Waals surface area (Å²) in [5.74, 6) is -0.695. The van der Waals surface area contributed by atoms with E-state index in [-0.39, 0.29) is 28.2 Å². The van der Waals surface area contributed by atoms with Crippen molar-refractivity contribution in [1.82, 2.24) is 24.6 Å². The van der Waals surface area contributed by atoms with E-state index in [1.807, 2.05) is 0 Å². The van der Waals surface area contributed by atoms with Crippen LogP contribution in [0.25, 0.3) is 17.0 Å². The van der Waals surface area contributed by atoms with Gasteiger partial charge in [-0.15, -0.1) is 5.10 Å². The predicted molar refractivity (Wildman–Crippen MR) is 93.7 cm³/mol. The number of anilines is 2. The number of pyridine rings is 2. The van der Waals surface area contributed by atoms with Gasteiger partial charge in [-0.1, -0.05) is 17.7 Å². The Labute approximate surface area is 159 Å². The van der Waals surface area contributed by atoms with Gasteiger partial charge in [-0.05, 0) is 30.3 Å². The van der Waals surface area contributed by atoms with Gasteiger partial charge in [-0.3, -0.25) is 0 Å². The number of fused-ring (bicyclic) bond motifs is 1. The van der Waals surface area contributed by atoms with Gasteiger partial charge in [0.1, 0.15) is 16.9 Å². The van der Waals surface area contributed by atoms with E-state index in [4.69, 9.17) is 11.6 Å². The van der Waals surface area contributed by atoms with Gasteiger partial charge >= 0.3 is 6.18 Å². The first kappa shape index (κ1) is 18.1. The molecular weight excluding hydrogens is 400 g/mol. The summed E-state index contributed by atoms with van der Waals surface area (Å²) >= 11 is 5.68. The van der Waals surface area contributed by atoms with Gasteiger partial charge < -0.3 is 5.32 Å². The van der Waals surface area contributed by atoms with Crippen LogP contribution in [0.5, 0.6) is 0 Å². The Hall–Kier alpha value is -3.27. The largest absolute Gasteiger partial charge is 0.433 e. The Kier molecular flexibility index (Phi) is 4.34. The minimum Gasteiger partial charge on any atom is -0.336 e. The lowest BCUT2D eigenvalue weighted by atomic mass is 10.3. The SMILES string of the molecule is Fc1c(Nc2nc(-c3cccc(C(F)(F)F)n3)nn3cccc23)ccnc1Cl. The minimum atomic E-state index is -4.61. The third-order valence-corrected chi connectivity index (χ3v) is 4.02. The summed E-state index contributed by atoms with van der Waals surface area (Å²) in [4.78, 5) is 11.4. The summed E-state index contributed by atoms with van der Waals surface area (Å²) in [5, 5.41) is 6.62. The molecule has 0 aromatic carbocycles. The van der Waals surface area contributed by atoms with E-state index in [0.29, 0.717) is 5.52 Å². The van der Waals surface area contributed by atoms with E-state index in [9.17, 15) is 17.6 Å². The van der Waals surface area contributed by atoms with Gasteiger partial charge in [0.15, 0.2) is 16.8 Å². The maximum atomic E-state index is 14.2. The monoisotopic (exact) mass is 408 g/mol. The fourth-order valence-electron chi connectivity index (χ4n) is 2.49. The summed E-state index contributed by atoms with van der Waals surface area (Å²) < 4.78 is 54.4. The van der Waals surface area contributed by atoms with Crippen molar-refractivity contribution >= 4 is 28.6 Å². The van der Waals surface area contributed by atoms with Crippen molar-refractivity contribution in [3.8, 4) is 11.5 Å². The molecule has 11 heteroatoms. The molecule has 0 aliphatic heterocycles. The lowest BCUT2D eigenvalue weighted by Gasteiger charge is -2.11. The topological polar surface area (TPSA) is 68.0 Å². The lowest BCUT2D eigenvalue weighted by Crippen LogP contribution is -2.10. The van der Waals surface area contributed by atoms with E-state index >= 15 is 0 Å². The van der Waals surface area contributed by atoms with Gasteiger partial charge in [0, 0.05) is 12.4 Å². The molecule has 0 fully saturated rings. The molecule has 0 radical (unpaired) electrons. The maximum Gasteiger partial charge on any atom is 0.433 e. The van der Waals surface area contributed by atoms with Crippen LogP contribution in [0.4, 0.5) is 29.1 Å². The number of nitrogens with one attached hydrogen (secondary N) is 1. The zero-order chi connectivity index (χ0) is 19.9. The molecule has 4 aromatic rings.